The number of fused-ring (bicyclic) bond motifs is 1. The molecule has 1 aliphatic rings. The fraction of sp³-hybridized carbons (Fsp3) is 0.640. The Hall–Kier alpha value is -1.99. The molecule has 3 rings (SSSR count). The molecule has 1 aliphatic heterocycles. The van der Waals surface area contributed by atoms with Crippen LogP contribution in [0.5, 0.6) is 0 Å². The van der Waals surface area contributed by atoms with Crippen LogP contribution in [0.4, 0.5) is 10.5 Å². The molecular weight excluding hydrogens is 416 g/mol. The second-order valence-corrected chi connectivity index (χ2v) is 16.3. The maximum atomic E-state index is 11.4. The lowest BCUT2D eigenvalue weighted by Crippen LogP contribution is -2.51. The molecule has 2 heterocycles. The Balaban J connectivity index is 2.22. The lowest BCUT2D eigenvalue weighted by atomic mass is 10.1. The fourth-order valence-corrected chi connectivity index (χ4v) is 13.0. The van der Waals surface area contributed by atoms with E-state index in [1.54, 1.807) is 0 Å². The van der Waals surface area contributed by atoms with Crippen molar-refractivity contribution in [2.45, 2.75) is 64.7 Å². The zero-order valence-corrected chi connectivity index (χ0v) is 22.2. The van der Waals surface area contributed by atoms with Crippen LogP contribution in [0.25, 0.3) is 10.9 Å². The first-order valence-electron chi connectivity index (χ1n) is 12.0. The molecule has 1 aromatic carbocycles. The van der Waals surface area contributed by atoms with Gasteiger partial charge in [0.2, 0.25) is 0 Å². The van der Waals surface area contributed by atoms with Gasteiger partial charge in [-0.15, -0.1) is 0 Å². The van der Waals surface area contributed by atoms with E-state index in [0.29, 0.717) is 29.7 Å². The van der Waals surface area contributed by atoms with Crippen molar-refractivity contribution in [2.75, 3.05) is 45.2 Å². The Bertz CT molecular complexity index is 921. The van der Waals surface area contributed by atoms with Crippen molar-refractivity contribution in [3.8, 4) is 0 Å². The van der Waals surface area contributed by atoms with E-state index >= 15 is 0 Å². The molecule has 32 heavy (non-hydrogen) atoms. The number of hydrogen-bond donors (Lipinski definition) is 1. The standard InChI is InChI=1S/C25H42N4O2Si/c1-18(2)32(19(3)4,20(5)6)29-17-21(16-26(7)8)24-22(10-9-11-23(24)29)27-12-14-28(15-13-27)25(30)31/h9-11,17-20H,12-16H2,1-8H3,(H,30,31). The number of carbonyl (C=O) groups is 1. The van der Waals surface area contributed by atoms with Crippen molar-refractivity contribution < 1.29 is 9.90 Å². The molecule has 1 saturated heterocycles. The second-order valence-electron chi connectivity index (χ2n) is 10.5. The molecular formula is C25H42N4O2Si. The Morgan fingerprint density at radius 2 is 1.56 bits per heavy atom. The molecule has 0 spiro atoms. The van der Waals surface area contributed by atoms with E-state index in [1.807, 2.05) is 0 Å². The third kappa shape index (κ3) is 4.17. The van der Waals surface area contributed by atoms with Crippen LogP contribution in [0.3, 0.4) is 0 Å². The molecule has 2 aromatic rings. The van der Waals surface area contributed by atoms with Gasteiger partial charge in [0.1, 0.15) is 0 Å². The summed E-state index contributed by atoms with van der Waals surface area (Å²) >= 11 is 0. The fourth-order valence-electron chi connectivity index (χ4n) is 6.37. The minimum absolute atomic E-state index is 0.554. The van der Waals surface area contributed by atoms with Crippen LogP contribution >= 0.6 is 0 Å². The monoisotopic (exact) mass is 458 g/mol. The van der Waals surface area contributed by atoms with E-state index in [1.165, 1.54) is 27.1 Å². The maximum Gasteiger partial charge on any atom is 0.407 e. The second kappa shape index (κ2) is 9.47. The Labute approximate surface area is 194 Å². The number of piperazine rings is 1. The van der Waals surface area contributed by atoms with Crippen LogP contribution in [-0.4, -0.2) is 73.7 Å². The van der Waals surface area contributed by atoms with Crippen LogP contribution < -0.4 is 4.90 Å². The van der Waals surface area contributed by atoms with E-state index in [4.69, 9.17) is 0 Å². The summed E-state index contributed by atoms with van der Waals surface area (Å²) in [6.45, 7) is 18.0. The summed E-state index contributed by atoms with van der Waals surface area (Å²) in [5, 5.41) is 10.7. The SMILES string of the molecule is CC(C)[Si](C(C)C)(C(C)C)n1cc(CN(C)C)c2c(N3CCN(C(=O)O)CC3)cccc21. The van der Waals surface area contributed by atoms with Gasteiger partial charge in [0.25, 0.3) is 0 Å². The first-order chi connectivity index (χ1) is 15.0. The molecule has 6 nitrogen and oxygen atoms in total. The smallest absolute Gasteiger partial charge is 0.407 e. The number of hydrogen-bond acceptors (Lipinski definition) is 3. The highest BCUT2D eigenvalue weighted by atomic mass is 28.3. The molecule has 0 radical (unpaired) electrons. The zero-order valence-electron chi connectivity index (χ0n) is 21.2. The molecule has 0 aliphatic carbocycles. The highest BCUT2D eigenvalue weighted by Crippen LogP contribution is 2.46. The van der Waals surface area contributed by atoms with Gasteiger partial charge in [0.15, 0.2) is 8.24 Å². The molecule has 1 amide bonds. The largest absolute Gasteiger partial charge is 0.465 e. The lowest BCUT2D eigenvalue weighted by Gasteiger charge is -2.44. The summed E-state index contributed by atoms with van der Waals surface area (Å²) < 4.78 is 2.72. The van der Waals surface area contributed by atoms with Gasteiger partial charge in [-0.25, -0.2) is 4.79 Å². The van der Waals surface area contributed by atoms with Gasteiger partial charge in [-0.1, -0.05) is 47.6 Å². The highest BCUT2D eigenvalue weighted by Gasteiger charge is 2.46. The van der Waals surface area contributed by atoms with Gasteiger partial charge in [-0.05, 0) is 48.4 Å². The normalized spacial score (nSPS) is 15.8. The van der Waals surface area contributed by atoms with Crippen LogP contribution in [0, 0.1) is 0 Å². The van der Waals surface area contributed by atoms with Crippen molar-refractivity contribution >= 4 is 30.9 Å². The summed E-state index contributed by atoms with van der Waals surface area (Å²) in [6.07, 6.45) is 1.65. The first kappa shape index (κ1) is 24.6. The summed E-state index contributed by atoms with van der Waals surface area (Å²) in [7, 11) is 2.37. The van der Waals surface area contributed by atoms with E-state index < -0.39 is 14.3 Å². The number of nitrogens with zero attached hydrogens (tertiary/aromatic N) is 4. The number of amides is 1. The molecule has 1 fully saturated rings. The molecule has 0 saturated carbocycles. The summed E-state index contributed by atoms with van der Waals surface area (Å²) in [4.78, 5) is 17.6. The van der Waals surface area contributed by atoms with Gasteiger partial charge in [-0.3, -0.25) is 0 Å². The zero-order chi connectivity index (χ0) is 23.8. The minimum Gasteiger partial charge on any atom is -0.465 e. The minimum atomic E-state index is -1.90. The van der Waals surface area contributed by atoms with E-state index in [2.05, 4.69) is 94.1 Å². The summed E-state index contributed by atoms with van der Waals surface area (Å²) in [5.41, 5.74) is 5.83. The molecule has 1 aromatic heterocycles. The van der Waals surface area contributed by atoms with Crippen LogP contribution in [0.2, 0.25) is 16.6 Å². The predicted molar refractivity (Wildman–Crippen MR) is 138 cm³/mol. The van der Waals surface area contributed by atoms with Gasteiger partial charge >= 0.3 is 6.09 Å². The topological polar surface area (TPSA) is 52.0 Å². The third-order valence-corrected chi connectivity index (χ3v) is 14.2. The van der Waals surface area contributed by atoms with E-state index in [0.717, 1.165) is 19.6 Å². The Kier molecular flexibility index (Phi) is 7.30. The van der Waals surface area contributed by atoms with Crippen LogP contribution in [-0.2, 0) is 6.54 Å². The van der Waals surface area contributed by atoms with Crippen molar-refractivity contribution in [1.29, 1.82) is 0 Å². The molecule has 178 valence electrons. The van der Waals surface area contributed by atoms with Crippen molar-refractivity contribution in [2.24, 2.45) is 0 Å². The van der Waals surface area contributed by atoms with Crippen molar-refractivity contribution in [1.82, 2.24) is 14.0 Å². The van der Waals surface area contributed by atoms with Gasteiger partial charge in [-0.2, -0.15) is 0 Å². The maximum absolute atomic E-state index is 11.4. The summed E-state index contributed by atoms with van der Waals surface area (Å²) in [5.74, 6) is 0. The molecule has 0 unspecified atom stereocenters. The van der Waals surface area contributed by atoms with Crippen LogP contribution in [0.15, 0.2) is 24.4 Å². The van der Waals surface area contributed by atoms with Crippen molar-refractivity contribution in [3.05, 3.63) is 30.0 Å². The quantitative estimate of drug-likeness (QED) is 0.555. The van der Waals surface area contributed by atoms with E-state index in [-0.39, 0.29) is 0 Å². The molecule has 0 bridgehead atoms. The predicted octanol–water partition coefficient (Wildman–Crippen LogP) is 5.53. The first-order valence-corrected chi connectivity index (χ1v) is 14.2. The van der Waals surface area contributed by atoms with Gasteiger partial charge in [0, 0.05) is 55.5 Å². The number of anilines is 1. The van der Waals surface area contributed by atoms with Crippen molar-refractivity contribution in [3.63, 3.8) is 0 Å². The Morgan fingerprint density at radius 1 is 1.00 bits per heavy atom. The van der Waals surface area contributed by atoms with Crippen LogP contribution in [0.1, 0.15) is 47.1 Å². The molecule has 1 N–H and O–H groups in total. The lowest BCUT2D eigenvalue weighted by molar-refractivity contribution is 0.142. The van der Waals surface area contributed by atoms with Gasteiger partial charge < -0.3 is 24.0 Å². The molecule has 0 atom stereocenters. The summed E-state index contributed by atoms with van der Waals surface area (Å²) in [6, 6.07) is 6.73. The Morgan fingerprint density at radius 3 is 2.03 bits per heavy atom. The number of rotatable bonds is 7. The average Bonchev–Trinajstić information content (AvgIpc) is 3.05. The number of aromatic nitrogens is 1. The average molecular weight is 459 g/mol. The third-order valence-electron chi connectivity index (χ3n) is 7.46. The van der Waals surface area contributed by atoms with E-state index in [9.17, 15) is 9.90 Å². The number of carboxylic acid groups (broad SMARTS) is 1. The molecule has 7 heteroatoms. The number of benzene rings is 1. The van der Waals surface area contributed by atoms with Gasteiger partial charge in [0.05, 0.1) is 0 Å². The highest BCUT2D eigenvalue weighted by molar-refractivity contribution is 6.82.